The third kappa shape index (κ3) is 13.3. The van der Waals surface area contributed by atoms with E-state index >= 15 is 0 Å². The number of nitrogens with one attached hydrogen (secondary N) is 4. The Labute approximate surface area is 262 Å². The molecular weight excluding hydrogens is 590 g/mol. The van der Waals surface area contributed by atoms with Crippen LogP contribution in [0, 0.1) is 11.8 Å². The standard InChI is InChI=1S/C30H47N5O8S/c1-6-18(4)25(29(41)34-24(17(2)3)30(42)43)35-28(40)22(14-15-44-5)33-27(39)21(12-13-23(36)37)32-26(38)20(31)16-19-10-8-7-9-11-19/h7-11,17-18,20-22,24-25H,6,12-16,31H2,1-5H3,(H,32,38)(H,33,39)(H,34,41)(H,35,40)(H,36,37)(H,42,43)/t18-,20-,21-,22-,24-,25-/m0/s1. The van der Waals surface area contributed by atoms with Crippen molar-refractivity contribution < 1.29 is 39.0 Å². The van der Waals surface area contributed by atoms with E-state index in [1.165, 1.54) is 11.8 Å². The van der Waals surface area contributed by atoms with Gasteiger partial charge in [-0.05, 0) is 48.7 Å². The number of rotatable bonds is 20. The van der Waals surface area contributed by atoms with E-state index in [0.717, 1.165) is 5.56 Å². The third-order valence-corrected chi connectivity index (χ3v) is 7.83. The smallest absolute Gasteiger partial charge is 0.326 e. The van der Waals surface area contributed by atoms with E-state index in [2.05, 4.69) is 21.3 Å². The molecule has 0 saturated carbocycles. The van der Waals surface area contributed by atoms with E-state index in [1.807, 2.05) is 19.2 Å². The summed E-state index contributed by atoms with van der Waals surface area (Å²) in [7, 11) is 0. The van der Waals surface area contributed by atoms with Gasteiger partial charge in [0.2, 0.25) is 23.6 Å². The second kappa shape index (κ2) is 19.6. The summed E-state index contributed by atoms with van der Waals surface area (Å²) < 4.78 is 0. The van der Waals surface area contributed by atoms with Crippen LogP contribution in [0.5, 0.6) is 0 Å². The molecule has 0 radical (unpaired) electrons. The SMILES string of the molecule is CC[C@H](C)[C@H](NC(=O)[C@H](CCSC)NC(=O)[C@H](CCC(=O)O)NC(=O)[C@@H](N)Cc1ccccc1)C(=O)N[C@H](C(=O)O)C(C)C. The number of nitrogens with two attached hydrogens (primary N) is 1. The molecule has 0 spiro atoms. The maximum absolute atomic E-state index is 13.5. The average molecular weight is 638 g/mol. The number of amides is 4. The van der Waals surface area contributed by atoms with E-state index in [0.29, 0.717) is 12.2 Å². The minimum atomic E-state index is -1.29. The van der Waals surface area contributed by atoms with Gasteiger partial charge in [0.1, 0.15) is 24.2 Å². The van der Waals surface area contributed by atoms with E-state index < -0.39 is 78.1 Å². The van der Waals surface area contributed by atoms with Gasteiger partial charge in [-0.1, -0.05) is 64.4 Å². The molecule has 14 heteroatoms. The van der Waals surface area contributed by atoms with E-state index in [4.69, 9.17) is 5.73 Å². The molecule has 13 nitrogen and oxygen atoms in total. The summed E-state index contributed by atoms with van der Waals surface area (Å²) in [5.41, 5.74) is 6.87. The molecule has 0 aromatic heterocycles. The minimum Gasteiger partial charge on any atom is -0.481 e. The zero-order chi connectivity index (χ0) is 33.4. The molecule has 246 valence electrons. The number of benzene rings is 1. The Morgan fingerprint density at radius 1 is 0.795 bits per heavy atom. The Balaban J connectivity index is 3.13. The van der Waals surface area contributed by atoms with Crippen molar-refractivity contribution in [3.8, 4) is 0 Å². The highest BCUT2D eigenvalue weighted by Crippen LogP contribution is 2.12. The van der Waals surface area contributed by atoms with Crippen molar-refractivity contribution >= 4 is 47.3 Å². The highest BCUT2D eigenvalue weighted by atomic mass is 32.2. The fraction of sp³-hybridized carbons (Fsp3) is 0.600. The van der Waals surface area contributed by atoms with Crippen molar-refractivity contribution in [1.29, 1.82) is 0 Å². The lowest BCUT2D eigenvalue weighted by Gasteiger charge is -2.29. The van der Waals surface area contributed by atoms with Gasteiger partial charge in [-0.15, -0.1) is 0 Å². The molecule has 0 bridgehead atoms. The fourth-order valence-electron chi connectivity index (χ4n) is 4.27. The molecule has 4 amide bonds. The van der Waals surface area contributed by atoms with Gasteiger partial charge in [0.25, 0.3) is 0 Å². The molecule has 0 unspecified atom stereocenters. The van der Waals surface area contributed by atoms with Crippen LogP contribution >= 0.6 is 11.8 Å². The largest absolute Gasteiger partial charge is 0.481 e. The van der Waals surface area contributed by atoms with Crippen LogP contribution in [0.15, 0.2) is 30.3 Å². The van der Waals surface area contributed by atoms with Gasteiger partial charge < -0.3 is 37.2 Å². The second-order valence-corrected chi connectivity index (χ2v) is 12.1. The maximum atomic E-state index is 13.5. The van der Waals surface area contributed by atoms with E-state index in [9.17, 15) is 39.0 Å². The first-order chi connectivity index (χ1) is 20.7. The summed E-state index contributed by atoms with van der Waals surface area (Å²) in [5.74, 6) is -5.46. The van der Waals surface area contributed by atoms with Crippen LogP contribution in [0.4, 0.5) is 0 Å². The van der Waals surface area contributed by atoms with Gasteiger partial charge in [-0.25, -0.2) is 4.79 Å². The predicted octanol–water partition coefficient (Wildman–Crippen LogP) is 0.900. The number of hydrogen-bond acceptors (Lipinski definition) is 8. The summed E-state index contributed by atoms with van der Waals surface area (Å²) in [6, 6.07) is 3.34. The van der Waals surface area contributed by atoms with Crippen LogP contribution in [-0.2, 0) is 35.2 Å². The Kier molecular flexibility index (Phi) is 17.1. The highest BCUT2D eigenvalue weighted by Gasteiger charge is 2.34. The lowest BCUT2D eigenvalue weighted by Crippen LogP contribution is -2.60. The van der Waals surface area contributed by atoms with Gasteiger partial charge in [0.15, 0.2) is 0 Å². The molecule has 1 aromatic rings. The molecule has 0 heterocycles. The number of hydrogen-bond donors (Lipinski definition) is 7. The van der Waals surface area contributed by atoms with Gasteiger partial charge >= 0.3 is 11.9 Å². The number of aliphatic carboxylic acids is 2. The van der Waals surface area contributed by atoms with Crippen LogP contribution < -0.4 is 27.0 Å². The number of carboxylic acids is 2. The first-order valence-corrected chi connectivity index (χ1v) is 16.1. The van der Waals surface area contributed by atoms with Crippen LogP contribution in [0.25, 0.3) is 0 Å². The van der Waals surface area contributed by atoms with Crippen molar-refractivity contribution in [2.24, 2.45) is 17.6 Å². The van der Waals surface area contributed by atoms with Crippen molar-refractivity contribution in [2.75, 3.05) is 12.0 Å². The molecule has 6 atom stereocenters. The highest BCUT2D eigenvalue weighted by molar-refractivity contribution is 7.98. The van der Waals surface area contributed by atoms with Gasteiger partial charge in [0.05, 0.1) is 6.04 Å². The lowest BCUT2D eigenvalue weighted by molar-refractivity contribution is -0.144. The van der Waals surface area contributed by atoms with Crippen LogP contribution in [0.1, 0.15) is 58.9 Å². The predicted molar refractivity (Wildman–Crippen MR) is 168 cm³/mol. The van der Waals surface area contributed by atoms with Gasteiger partial charge in [-0.3, -0.25) is 24.0 Å². The molecule has 0 aliphatic carbocycles. The quantitative estimate of drug-likeness (QED) is 0.107. The summed E-state index contributed by atoms with van der Waals surface area (Å²) in [4.78, 5) is 75.8. The number of carbonyl (C=O) groups excluding carboxylic acids is 4. The zero-order valence-corrected chi connectivity index (χ0v) is 26.8. The minimum absolute atomic E-state index is 0.171. The third-order valence-electron chi connectivity index (χ3n) is 7.18. The maximum Gasteiger partial charge on any atom is 0.326 e. The van der Waals surface area contributed by atoms with Crippen molar-refractivity contribution in [3.05, 3.63) is 35.9 Å². The molecule has 8 N–H and O–H groups in total. The Morgan fingerprint density at radius 3 is 1.86 bits per heavy atom. The zero-order valence-electron chi connectivity index (χ0n) is 26.0. The molecule has 44 heavy (non-hydrogen) atoms. The summed E-state index contributed by atoms with van der Waals surface area (Å²) in [6.45, 7) is 6.86. The molecule has 0 saturated heterocycles. The average Bonchev–Trinajstić information content (AvgIpc) is 2.97. The molecule has 1 rings (SSSR count). The monoisotopic (exact) mass is 637 g/mol. The number of thioether (sulfide) groups is 1. The first-order valence-electron chi connectivity index (χ1n) is 14.7. The Morgan fingerprint density at radius 2 is 1.34 bits per heavy atom. The summed E-state index contributed by atoms with van der Waals surface area (Å²) >= 11 is 1.42. The van der Waals surface area contributed by atoms with Crippen molar-refractivity contribution in [1.82, 2.24) is 21.3 Å². The molecule has 0 fully saturated rings. The van der Waals surface area contributed by atoms with Crippen LogP contribution in [0.2, 0.25) is 0 Å². The first kappa shape index (κ1) is 38.4. The van der Waals surface area contributed by atoms with E-state index in [-0.39, 0.29) is 25.2 Å². The summed E-state index contributed by atoms with van der Waals surface area (Å²) in [5, 5.41) is 29.0. The Hall–Kier alpha value is -3.65. The second-order valence-electron chi connectivity index (χ2n) is 11.1. The van der Waals surface area contributed by atoms with Gasteiger partial charge in [-0.2, -0.15) is 11.8 Å². The topological polar surface area (TPSA) is 217 Å². The van der Waals surface area contributed by atoms with Crippen LogP contribution in [-0.4, -0.2) is 88.0 Å². The fourth-order valence-corrected chi connectivity index (χ4v) is 4.74. The number of carboxylic acid groups (broad SMARTS) is 2. The van der Waals surface area contributed by atoms with Crippen molar-refractivity contribution in [2.45, 2.75) is 90.0 Å². The molecule has 0 aliphatic rings. The molecule has 1 aromatic carbocycles. The molecular formula is C30H47N5O8S. The lowest BCUT2D eigenvalue weighted by atomic mass is 9.96. The van der Waals surface area contributed by atoms with Crippen molar-refractivity contribution in [3.63, 3.8) is 0 Å². The van der Waals surface area contributed by atoms with E-state index in [1.54, 1.807) is 45.0 Å². The number of carbonyl (C=O) groups is 6. The normalized spacial score (nSPS) is 15.2. The molecule has 0 aliphatic heterocycles. The van der Waals surface area contributed by atoms with Gasteiger partial charge in [0, 0.05) is 6.42 Å². The van der Waals surface area contributed by atoms with Crippen LogP contribution in [0.3, 0.4) is 0 Å². The Bertz CT molecular complexity index is 1120. The summed E-state index contributed by atoms with van der Waals surface area (Å²) in [6.07, 6.45) is 2.00.